The van der Waals surface area contributed by atoms with Crippen LogP contribution in [0.15, 0.2) is 12.1 Å². The zero-order valence-corrected chi connectivity index (χ0v) is 6.71. The summed E-state index contributed by atoms with van der Waals surface area (Å²) in [6.07, 6.45) is -1.52. The molecule has 1 rings (SSSR count). The number of thiophene rings is 1. The molecule has 1 aromatic heterocycles. The first-order chi connectivity index (χ1) is 5.65. The van der Waals surface area contributed by atoms with Crippen LogP contribution in [0, 0.1) is 11.3 Å². The molecule has 0 aromatic carbocycles. The van der Waals surface area contributed by atoms with Gasteiger partial charge >= 0.3 is 5.97 Å². The molecule has 0 radical (unpaired) electrons. The molecule has 1 atom stereocenters. The van der Waals surface area contributed by atoms with Gasteiger partial charge in [-0.3, -0.25) is 0 Å². The van der Waals surface area contributed by atoms with E-state index in [0.717, 1.165) is 11.3 Å². The fraction of sp³-hybridized carbons (Fsp3) is 0.143. The molecule has 2 N–H and O–H groups in total. The lowest BCUT2D eigenvalue weighted by Crippen LogP contribution is -2.08. The molecule has 0 aliphatic rings. The number of aliphatic hydroxyl groups excluding tert-OH is 1. The molecular weight excluding hydrogens is 178 g/mol. The highest BCUT2D eigenvalue weighted by Crippen LogP contribution is 2.22. The van der Waals surface area contributed by atoms with Crippen molar-refractivity contribution in [1.82, 2.24) is 0 Å². The van der Waals surface area contributed by atoms with Crippen LogP contribution in [0.1, 0.15) is 15.9 Å². The SMILES string of the molecule is N#Cc1ccc(C(O)C(=O)O)s1. The smallest absolute Gasteiger partial charge is 0.338 e. The van der Waals surface area contributed by atoms with E-state index >= 15 is 0 Å². The molecule has 0 spiro atoms. The van der Waals surface area contributed by atoms with Gasteiger partial charge in [0.15, 0.2) is 6.10 Å². The number of aliphatic carboxylic acids is 1. The van der Waals surface area contributed by atoms with Crippen molar-refractivity contribution in [2.45, 2.75) is 6.10 Å². The Morgan fingerprint density at radius 1 is 1.67 bits per heavy atom. The molecule has 0 fully saturated rings. The predicted octanol–water partition coefficient (Wildman–Crippen LogP) is 0.738. The summed E-state index contributed by atoms with van der Waals surface area (Å²) in [6.45, 7) is 0. The number of rotatable bonds is 2. The van der Waals surface area contributed by atoms with Crippen LogP contribution in [0.5, 0.6) is 0 Å². The van der Waals surface area contributed by atoms with E-state index in [1.165, 1.54) is 12.1 Å². The summed E-state index contributed by atoms with van der Waals surface area (Å²) in [5.41, 5.74) is 0. The molecule has 0 aliphatic carbocycles. The van der Waals surface area contributed by atoms with Crippen LogP contribution in [-0.2, 0) is 4.79 Å². The number of carboxylic acids is 1. The van der Waals surface area contributed by atoms with Crippen LogP contribution in [0.4, 0.5) is 0 Å². The van der Waals surface area contributed by atoms with Crippen LogP contribution >= 0.6 is 11.3 Å². The molecule has 1 heterocycles. The largest absolute Gasteiger partial charge is 0.479 e. The van der Waals surface area contributed by atoms with E-state index in [1.54, 1.807) is 0 Å². The third kappa shape index (κ3) is 1.61. The molecule has 62 valence electrons. The van der Waals surface area contributed by atoms with Gasteiger partial charge in [0.25, 0.3) is 0 Å². The van der Waals surface area contributed by atoms with Gasteiger partial charge in [-0.1, -0.05) is 0 Å². The fourth-order valence-electron chi connectivity index (χ4n) is 0.682. The maximum absolute atomic E-state index is 10.3. The van der Waals surface area contributed by atoms with E-state index in [-0.39, 0.29) is 4.88 Å². The highest BCUT2D eigenvalue weighted by Gasteiger charge is 2.17. The number of carboxylic acid groups (broad SMARTS) is 1. The zero-order chi connectivity index (χ0) is 9.14. The second-order valence-electron chi connectivity index (χ2n) is 2.05. The molecule has 1 aromatic rings. The number of hydrogen-bond donors (Lipinski definition) is 2. The van der Waals surface area contributed by atoms with Gasteiger partial charge in [-0.25, -0.2) is 4.79 Å². The molecule has 12 heavy (non-hydrogen) atoms. The van der Waals surface area contributed by atoms with Crippen molar-refractivity contribution >= 4 is 17.3 Å². The number of nitriles is 1. The van der Waals surface area contributed by atoms with E-state index in [1.807, 2.05) is 6.07 Å². The summed E-state index contributed by atoms with van der Waals surface area (Å²) in [6, 6.07) is 4.77. The Morgan fingerprint density at radius 2 is 2.33 bits per heavy atom. The third-order valence-electron chi connectivity index (χ3n) is 1.24. The normalized spacial score (nSPS) is 12.0. The van der Waals surface area contributed by atoms with Crippen molar-refractivity contribution < 1.29 is 15.0 Å². The number of aliphatic hydroxyl groups is 1. The van der Waals surface area contributed by atoms with E-state index in [4.69, 9.17) is 15.5 Å². The summed E-state index contributed by atoms with van der Waals surface area (Å²) < 4.78 is 0. The van der Waals surface area contributed by atoms with Crippen molar-refractivity contribution in [2.75, 3.05) is 0 Å². The summed E-state index contributed by atoms with van der Waals surface area (Å²) in [5, 5.41) is 25.8. The minimum absolute atomic E-state index is 0.277. The van der Waals surface area contributed by atoms with Gasteiger partial charge in [0, 0.05) is 4.88 Å². The Balaban J connectivity index is 2.90. The minimum Gasteiger partial charge on any atom is -0.479 e. The monoisotopic (exact) mass is 183 g/mol. The molecule has 1 unspecified atom stereocenters. The van der Waals surface area contributed by atoms with Crippen molar-refractivity contribution in [3.8, 4) is 6.07 Å². The maximum Gasteiger partial charge on any atom is 0.338 e. The van der Waals surface area contributed by atoms with Crippen molar-refractivity contribution in [3.05, 3.63) is 21.9 Å². The van der Waals surface area contributed by atoms with Gasteiger partial charge in [0.2, 0.25) is 0 Å². The van der Waals surface area contributed by atoms with E-state index in [2.05, 4.69) is 0 Å². The Kier molecular flexibility index (Phi) is 2.43. The van der Waals surface area contributed by atoms with Crippen molar-refractivity contribution in [2.24, 2.45) is 0 Å². The van der Waals surface area contributed by atoms with Gasteiger partial charge in [-0.15, -0.1) is 11.3 Å². The van der Waals surface area contributed by atoms with E-state index in [0.29, 0.717) is 4.88 Å². The molecule has 0 aliphatic heterocycles. The molecule has 5 heteroatoms. The Hall–Kier alpha value is -1.38. The standard InChI is InChI=1S/C7H5NO3S/c8-3-4-1-2-5(12-4)6(9)7(10)11/h1-2,6,9H,(H,10,11). The quantitative estimate of drug-likeness (QED) is 0.708. The highest BCUT2D eigenvalue weighted by atomic mass is 32.1. The predicted molar refractivity (Wildman–Crippen MR) is 41.6 cm³/mol. The average Bonchev–Trinajstić information content (AvgIpc) is 2.50. The molecule has 4 nitrogen and oxygen atoms in total. The molecular formula is C7H5NO3S. The first-order valence-corrected chi connectivity index (χ1v) is 3.87. The molecule has 0 saturated carbocycles. The maximum atomic E-state index is 10.3. The zero-order valence-electron chi connectivity index (χ0n) is 5.89. The number of carbonyl (C=O) groups is 1. The first-order valence-electron chi connectivity index (χ1n) is 3.06. The Labute approximate surface area is 72.3 Å². The topological polar surface area (TPSA) is 81.3 Å². The molecule has 0 saturated heterocycles. The van der Waals surface area contributed by atoms with Gasteiger partial charge in [0.05, 0.1) is 0 Å². The van der Waals surface area contributed by atoms with Crippen LogP contribution in [-0.4, -0.2) is 16.2 Å². The van der Waals surface area contributed by atoms with E-state index < -0.39 is 12.1 Å². The Bertz CT molecular complexity index is 339. The van der Waals surface area contributed by atoms with Crippen LogP contribution in [0.25, 0.3) is 0 Å². The third-order valence-corrected chi connectivity index (χ3v) is 2.28. The highest BCUT2D eigenvalue weighted by molar-refractivity contribution is 7.12. The van der Waals surface area contributed by atoms with Gasteiger partial charge < -0.3 is 10.2 Å². The fourth-order valence-corrected chi connectivity index (χ4v) is 1.47. The van der Waals surface area contributed by atoms with Crippen molar-refractivity contribution in [1.29, 1.82) is 5.26 Å². The second kappa shape index (κ2) is 3.34. The summed E-state index contributed by atoms with van der Waals surface area (Å²) >= 11 is 0.977. The first kappa shape index (κ1) is 8.71. The minimum atomic E-state index is -1.52. The molecule has 0 amide bonds. The Morgan fingerprint density at radius 3 is 2.75 bits per heavy atom. The van der Waals surface area contributed by atoms with Crippen LogP contribution in [0.3, 0.4) is 0 Å². The average molecular weight is 183 g/mol. The summed E-state index contributed by atoms with van der Waals surface area (Å²) in [5.74, 6) is -1.30. The lowest BCUT2D eigenvalue weighted by atomic mass is 10.3. The van der Waals surface area contributed by atoms with E-state index in [9.17, 15) is 4.79 Å². The van der Waals surface area contributed by atoms with Gasteiger partial charge in [0.1, 0.15) is 10.9 Å². The second-order valence-corrected chi connectivity index (χ2v) is 3.17. The van der Waals surface area contributed by atoms with Crippen LogP contribution < -0.4 is 0 Å². The summed E-state index contributed by atoms with van der Waals surface area (Å²) in [7, 11) is 0. The number of nitrogens with zero attached hydrogens (tertiary/aromatic N) is 1. The lowest BCUT2D eigenvalue weighted by Gasteiger charge is -1.99. The molecule has 0 bridgehead atoms. The number of hydrogen-bond acceptors (Lipinski definition) is 4. The van der Waals surface area contributed by atoms with Crippen molar-refractivity contribution in [3.63, 3.8) is 0 Å². The van der Waals surface area contributed by atoms with Gasteiger partial charge in [-0.2, -0.15) is 5.26 Å². The van der Waals surface area contributed by atoms with Crippen LogP contribution in [0.2, 0.25) is 0 Å². The lowest BCUT2D eigenvalue weighted by molar-refractivity contribution is -0.146. The summed E-state index contributed by atoms with van der Waals surface area (Å²) in [4.78, 5) is 10.9. The van der Waals surface area contributed by atoms with Gasteiger partial charge in [-0.05, 0) is 12.1 Å².